The van der Waals surface area contributed by atoms with Crippen LogP contribution in [0.4, 0.5) is 17.2 Å². The van der Waals surface area contributed by atoms with Gasteiger partial charge in [0.05, 0.1) is 24.3 Å². The predicted octanol–water partition coefficient (Wildman–Crippen LogP) is 3.57. The number of hydrogen-bond acceptors (Lipinski definition) is 5. The number of carbonyl (C=O) groups is 1. The number of hydrogen-bond donors (Lipinski definition) is 2. The van der Waals surface area contributed by atoms with Crippen LogP contribution in [-0.4, -0.2) is 32.2 Å². The van der Waals surface area contributed by atoms with Gasteiger partial charge in [-0.05, 0) is 50.3 Å². The zero-order chi connectivity index (χ0) is 20.7. The number of nitrogens with one attached hydrogen (secondary N) is 2. The van der Waals surface area contributed by atoms with Crippen LogP contribution in [-0.2, 0) is 17.6 Å². The number of benzene rings is 1. The maximum Gasteiger partial charge on any atom is 0.279 e. The molecule has 0 unspecified atom stereocenters. The molecule has 1 aliphatic heterocycles. The number of nitrogens with two attached hydrogens (primary N) is 1. The Kier molecular flexibility index (Phi) is 5.08. The third-order valence-corrected chi connectivity index (χ3v) is 7.20. The number of rotatable bonds is 3. The normalized spacial score (nSPS) is 16.5. The van der Waals surface area contributed by atoms with Crippen LogP contribution in [0.2, 0.25) is 0 Å². The van der Waals surface area contributed by atoms with Crippen LogP contribution >= 0.6 is 11.3 Å². The van der Waals surface area contributed by atoms with Crippen LogP contribution in [0.3, 0.4) is 0 Å². The fourth-order valence-corrected chi connectivity index (χ4v) is 5.55. The number of aryl methyl sites for hydroxylation is 2. The Hall–Kier alpha value is -2.64. The first-order chi connectivity index (χ1) is 14.6. The van der Waals surface area contributed by atoms with Gasteiger partial charge in [0.1, 0.15) is 18.0 Å². The molecule has 2 aromatic heterocycles. The number of aromatic amines is 1. The lowest BCUT2D eigenvalue weighted by Gasteiger charge is -2.26. The van der Waals surface area contributed by atoms with E-state index in [0.717, 1.165) is 67.0 Å². The molecule has 2 aliphatic rings. The van der Waals surface area contributed by atoms with Crippen molar-refractivity contribution in [3.63, 3.8) is 0 Å². The Morgan fingerprint density at radius 2 is 1.83 bits per heavy atom. The summed E-state index contributed by atoms with van der Waals surface area (Å²) in [5.41, 5.74) is 11.8. The smallest absolute Gasteiger partial charge is 0.279 e. The van der Waals surface area contributed by atoms with Crippen molar-refractivity contribution in [2.24, 2.45) is 0 Å². The number of pyridine rings is 1. The number of anilines is 3. The van der Waals surface area contributed by atoms with E-state index in [2.05, 4.69) is 15.2 Å². The van der Waals surface area contributed by atoms with Crippen molar-refractivity contribution in [2.45, 2.75) is 32.6 Å². The highest BCUT2D eigenvalue weighted by Crippen LogP contribution is 2.40. The van der Waals surface area contributed by atoms with Crippen molar-refractivity contribution in [1.29, 1.82) is 0 Å². The largest absolute Gasteiger partial charge is 0.397 e. The summed E-state index contributed by atoms with van der Waals surface area (Å²) in [7, 11) is 0. The van der Waals surface area contributed by atoms with Crippen LogP contribution in [0, 0.1) is 6.92 Å². The monoisotopic (exact) mass is 423 g/mol. The SMILES string of the molecule is Cc1ccc(NC(=O)c2sc3[nH+]c(N4CCOCC4)c4c(c3c2N)CCCC4)cc1. The number of H-pyrrole nitrogens is 1. The van der Waals surface area contributed by atoms with Gasteiger partial charge < -0.3 is 15.8 Å². The molecule has 6 nitrogen and oxygen atoms in total. The van der Waals surface area contributed by atoms with E-state index in [-0.39, 0.29) is 5.91 Å². The number of nitrogen functional groups attached to an aromatic ring is 1. The van der Waals surface area contributed by atoms with E-state index in [1.807, 2.05) is 31.2 Å². The Bertz CT molecular complexity index is 1100. The Labute approximate surface area is 180 Å². The Balaban J connectivity index is 1.57. The third kappa shape index (κ3) is 3.42. The number of nitrogens with zero attached hydrogens (tertiary/aromatic N) is 1. The molecule has 5 rings (SSSR count). The van der Waals surface area contributed by atoms with Crippen LogP contribution < -0.4 is 20.9 Å². The summed E-state index contributed by atoms with van der Waals surface area (Å²) in [5.74, 6) is 1.04. The number of fused-ring (bicyclic) bond motifs is 3. The van der Waals surface area contributed by atoms with Crippen molar-refractivity contribution in [2.75, 3.05) is 42.3 Å². The molecule has 0 bridgehead atoms. The summed E-state index contributed by atoms with van der Waals surface area (Å²) in [6.07, 6.45) is 4.41. The van der Waals surface area contributed by atoms with Crippen LogP contribution in [0.1, 0.15) is 39.2 Å². The summed E-state index contributed by atoms with van der Waals surface area (Å²) >= 11 is 1.45. The van der Waals surface area contributed by atoms with E-state index in [9.17, 15) is 4.79 Å². The molecule has 1 amide bonds. The van der Waals surface area contributed by atoms with Crippen LogP contribution in [0.25, 0.3) is 10.2 Å². The van der Waals surface area contributed by atoms with Gasteiger partial charge in [0.25, 0.3) is 11.7 Å². The molecule has 0 saturated carbocycles. The maximum atomic E-state index is 13.0. The first-order valence-corrected chi connectivity index (χ1v) is 11.4. The number of morpholine rings is 1. The topological polar surface area (TPSA) is 81.7 Å². The molecule has 0 atom stereocenters. The van der Waals surface area contributed by atoms with Crippen molar-refractivity contribution < 1.29 is 14.5 Å². The van der Waals surface area contributed by atoms with E-state index in [1.165, 1.54) is 34.7 Å². The van der Waals surface area contributed by atoms with Gasteiger partial charge >= 0.3 is 0 Å². The quantitative estimate of drug-likeness (QED) is 0.675. The zero-order valence-corrected chi connectivity index (χ0v) is 18.0. The van der Waals surface area contributed by atoms with Gasteiger partial charge in [-0.3, -0.25) is 9.69 Å². The van der Waals surface area contributed by atoms with E-state index < -0.39 is 0 Å². The van der Waals surface area contributed by atoms with Gasteiger partial charge in [-0.15, -0.1) is 0 Å². The maximum absolute atomic E-state index is 13.0. The Morgan fingerprint density at radius 1 is 1.13 bits per heavy atom. The second-order valence-corrected chi connectivity index (χ2v) is 9.13. The summed E-state index contributed by atoms with van der Waals surface area (Å²) in [6, 6.07) is 7.81. The lowest BCUT2D eigenvalue weighted by Crippen LogP contribution is -2.40. The number of carbonyl (C=O) groups excluding carboxylic acids is 1. The van der Waals surface area contributed by atoms with Gasteiger partial charge in [0.2, 0.25) is 0 Å². The highest BCUT2D eigenvalue weighted by molar-refractivity contribution is 7.21. The summed E-state index contributed by atoms with van der Waals surface area (Å²) < 4.78 is 5.55. The minimum absolute atomic E-state index is 0.150. The molecular formula is C23H27N4O2S+. The molecule has 3 heterocycles. The minimum Gasteiger partial charge on any atom is -0.397 e. The summed E-state index contributed by atoms with van der Waals surface area (Å²) in [6.45, 7) is 5.29. The van der Waals surface area contributed by atoms with Gasteiger partial charge in [0.15, 0.2) is 4.83 Å². The second kappa shape index (κ2) is 7.89. The highest BCUT2D eigenvalue weighted by atomic mass is 32.1. The fourth-order valence-electron chi connectivity index (χ4n) is 4.51. The van der Waals surface area contributed by atoms with Crippen molar-refractivity contribution in [3.05, 3.63) is 45.8 Å². The van der Waals surface area contributed by atoms with E-state index in [0.29, 0.717) is 10.6 Å². The van der Waals surface area contributed by atoms with Crippen molar-refractivity contribution in [1.82, 2.24) is 0 Å². The molecule has 0 radical (unpaired) electrons. The molecule has 30 heavy (non-hydrogen) atoms. The lowest BCUT2D eigenvalue weighted by molar-refractivity contribution is -0.328. The molecule has 1 fully saturated rings. The molecule has 7 heteroatoms. The van der Waals surface area contributed by atoms with Crippen LogP contribution in [0.5, 0.6) is 0 Å². The summed E-state index contributed by atoms with van der Waals surface area (Å²) in [5, 5.41) is 4.04. The third-order valence-electron chi connectivity index (χ3n) is 6.08. The molecule has 3 aromatic rings. The molecule has 4 N–H and O–H groups in total. The molecule has 0 spiro atoms. The van der Waals surface area contributed by atoms with Crippen molar-refractivity contribution >= 4 is 44.7 Å². The number of aromatic nitrogens is 1. The highest BCUT2D eigenvalue weighted by Gasteiger charge is 2.31. The first-order valence-electron chi connectivity index (χ1n) is 10.6. The molecule has 156 valence electrons. The second-order valence-electron chi connectivity index (χ2n) is 8.11. The summed E-state index contributed by atoms with van der Waals surface area (Å²) in [4.78, 5) is 20.6. The number of ether oxygens (including phenoxy) is 1. The zero-order valence-electron chi connectivity index (χ0n) is 17.2. The average molecular weight is 424 g/mol. The average Bonchev–Trinajstić information content (AvgIpc) is 3.12. The van der Waals surface area contributed by atoms with Crippen molar-refractivity contribution in [3.8, 4) is 0 Å². The van der Waals surface area contributed by atoms with Gasteiger partial charge in [-0.1, -0.05) is 29.0 Å². The lowest BCUT2D eigenvalue weighted by atomic mass is 9.89. The standard InChI is InChI=1S/C23H26N4O2S/c1-14-6-8-15(9-7-14)25-22(28)20-19(24)18-16-4-2-3-5-17(16)21(26-23(18)30-20)27-10-12-29-13-11-27/h6-9H,2-5,10-13,24H2,1H3,(H,25,28)/p+1. The number of amides is 1. The van der Waals surface area contributed by atoms with E-state index >= 15 is 0 Å². The molecule has 1 saturated heterocycles. The van der Waals surface area contributed by atoms with Gasteiger partial charge in [-0.2, -0.15) is 0 Å². The predicted molar refractivity (Wildman–Crippen MR) is 122 cm³/mol. The van der Waals surface area contributed by atoms with Gasteiger partial charge in [-0.25, -0.2) is 4.98 Å². The Morgan fingerprint density at radius 3 is 2.57 bits per heavy atom. The van der Waals surface area contributed by atoms with E-state index in [4.69, 9.17) is 10.5 Å². The molecule has 1 aliphatic carbocycles. The van der Waals surface area contributed by atoms with Gasteiger partial charge in [0, 0.05) is 11.3 Å². The van der Waals surface area contributed by atoms with E-state index in [1.54, 1.807) is 0 Å². The fraction of sp³-hybridized carbons (Fsp3) is 0.391. The first kappa shape index (κ1) is 19.3. The number of thiophene rings is 1. The molecule has 1 aromatic carbocycles. The van der Waals surface area contributed by atoms with Crippen LogP contribution in [0.15, 0.2) is 24.3 Å². The minimum atomic E-state index is -0.150. The molecular weight excluding hydrogens is 396 g/mol.